The average molecular weight is 246 g/mol. The third kappa shape index (κ3) is 3.57. The molecule has 1 aliphatic rings. The molecule has 0 spiro atoms. The minimum absolute atomic E-state index is 0.0557. The lowest BCUT2D eigenvalue weighted by Gasteiger charge is -2.22. The van der Waals surface area contributed by atoms with Gasteiger partial charge in [0, 0.05) is 6.54 Å². The van der Waals surface area contributed by atoms with Crippen LogP contribution >= 0.6 is 0 Å². The number of nitrogens with two attached hydrogens (primary N) is 1. The second kappa shape index (κ2) is 6.55. The van der Waals surface area contributed by atoms with E-state index in [0.717, 1.165) is 11.5 Å². The molecule has 0 aromatic heterocycles. The van der Waals surface area contributed by atoms with E-state index in [1.54, 1.807) is 0 Å². The number of amides is 1. The van der Waals surface area contributed by atoms with Crippen molar-refractivity contribution in [3.8, 4) is 0 Å². The van der Waals surface area contributed by atoms with E-state index in [0.29, 0.717) is 6.54 Å². The zero-order valence-corrected chi connectivity index (χ0v) is 10.8. The number of carbonyl (C=O) groups excluding carboxylic acids is 1. The van der Waals surface area contributed by atoms with Crippen molar-refractivity contribution < 1.29 is 4.79 Å². The van der Waals surface area contributed by atoms with Crippen molar-refractivity contribution in [1.29, 1.82) is 0 Å². The highest BCUT2D eigenvalue weighted by atomic mass is 16.1. The van der Waals surface area contributed by atoms with Crippen LogP contribution in [0.2, 0.25) is 0 Å². The molecule has 0 unspecified atom stereocenters. The summed E-state index contributed by atoms with van der Waals surface area (Å²) in [5.41, 5.74) is 7.83. The van der Waals surface area contributed by atoms with Crippen molar-refractivity contribution in [3.05, 3.63) is 35.4 Å². The Hall–Kier alpha value is -1.35. The number of hydrogen-bond acceptors (Lipinski definition) is 2. The van der Waals surface area contributed by atoms with Gasteiger partial charge in [-0.25, -0.2) is 0 Å². The van der Waals surface area contributed by atoms with Gasteiger partial charge >= 0.3 is 0 Å². The van der Waals surface area contributed by atoms with Gasteiger partial charge in [0.2, 0.25) is 5.91 Å². The van der Waals surface area contributed by atoms with E-state index in [-0.39, 0.29) is 12.5 Å². The van der Waals surface area contributed by atoms with Gasteiger partial charge in [-0.15, -0.1) is 0 Å². The predicted molar refractivity (Wildman–Crippen MR) is 73.2 cm³/mol. The lowest BCUT2D eigenvalue weighted by molar-refractivity contribution is -0.119. The van der Waals surface area contributed by atoms with Gasteiger partial charge in [-0.2, -0.15) is 0 Å². The van der Waals surface area contributed by atoms with Gasteiger partial charge in [0.25, 0.3) is 0 Å². The van der Waals surface area contributed by atoms with Crippen LogP contribution < -0.4 is 11.1 Å². The zero-order chi connectivity index (χ0) is 12.8. The summed E-state index contributed by atoms with van der Waals surface area (Å²) in [5, 5.41) is 2.78. The second-order valence-electron chi connectivity index (χ2n) is 5.06. The minimum atomic E-state index is -0.105. The Labute approximate surface area is 109 Å². The summed E-state index contributed by atoms with van der Waals surface area (Å²) in [6.07, 6.45) is 6.75. The molecule has 3 nitrogen and oxygen atoms in total. The SMILES string of the molecule is NCC(=O)NCc1ccc(C2CCCCC2)cc1. The molecule has 2 rings (SSSR count). The van der Waals surface area contributed by atoms with Crippen LogP contribution in [0.5, 0.6) is 0 Å². The molecule has 1 fully saturated rings. The first-order chi connectivity index (χ1) is 8.79. The van der Waals surface area contributed by atoms with Crippen LogP contribution in [-0.4, -0.2) is 12.5 Å². The number of hydrogen-bond donors (Lipinski definition) is 2. The highest BCUT2D eigenvalue weighted by molar-refractivity contribution is 5.77. The molecule has 3 N–H and O–H groups in total. The number of benzene rings is 1. The quantitative estimate of drug-likeness (QED) is 0.856. The van der Waals surface area contributed by atoms with Crippen LogP contribution in [0.25, 0.3) is 0 Å². The van der Waals surface area contributed by atoms with Crippen molar-refractivity contribution in [3.63, 3.8) is 0 Å². The monoisotopic (exact) mass is 246 g/mol. The molecule has 0 radical (unpaired) electrons. The first-order valence-corrected chi connectivity index (χ1v) is 6.85. The molecule has 1 aliphatic carbocycles. The second-order valence-corrected chi connectivity index (χ2v) is 5.06. The molecule has 0 atom stereocenters. The lowest BCUT2D eigenvalue weighted by atomic mass is 9.84. The Morgan fingerprint density at radius 2 is 1.83 bits per heavy atom. The molecule has 1 saturated carbocycles. The van der Waals surface area contributed by atoms with Crippen molar-refractivity contribution >= 4 is 5.91 Å². The number of carbonyl (C=O) groups is 1. The molecule has 98 valence electrons. The molecular weight excluding hydrogens is 224 g/mol. The Morgan fingerprint density at radius 1 is 1.17 bits per heavy atom. The Morgan fingerprint density at radius 3 is 2.44 bits per heavy atom. The highest BCUT2D eigenvalue weighted by Crippen LogP contribution is 2.32. The third-order valence-electron chi connectivity index (χ3n) is 3.73. The summed E-state index contributed by atoms with van der Waals surface area (Å²) in [7, 11) is 0. The van der Waals surface area contributed by atoms with Crippen LogP contribution in [0.1, 0.15) is 49.1 Å². The molecule has 1 aromatic carbocycles. The summed E-state index contributed by atoms with van der Waals surface area (Å²) in [5.74, 6) is 0.637. The largest absolute Gasteiger partial charge is 0.351 e. The van der Waals surface area contributed by atoms with Crippen molar-refractivity contribution in [1.82, 2.24) is 5.32 Å². The maximum absolute atomic E-state index is 11.1. The predicted octanol–water partition coefficient (Wildman–Crippen LogP) is 2.31. The summed E-state index contributed by atoms with van der Waals surface area (Å²) in [6.45, 7) is 0.626. The first kappa shape index (κ1) is 13.1. The lowest BCUT2D eigenvalue weighted by Crippen LogP contribution is -2.29. The molecule has 0 bridgehead atoms. The smallest absolute Gasteiger partial charge is 0.234 e. The fourth-order valence-electron chi connectivity index (χ4n) is 2.62. The van der Waals surface area contributed by atoms with Crippen LogP contribution in [0, 0.1) is 0 Å². The van der Waals surface area contributed by atoms with E-state index in [2.05, 4.69) is 29.6 Å². The fourth-order valence-corrected chi connectivity index (χ4v) is 2.62. The van der Waals surface area contributed by atoms with E-state index < -0.39 is 0 Å². The van der Waals surface area contributed by atoms with Gasteiger partial charge in [-0.1, -0.05) is 43.5 Å². The van der Waals surface area contributed by atoms with Gasteiger partial charge in [-0.05, 0) is 29.9 Å². The van der Waals surface area contributed by atoms with Gasteiger partial charge in [0.1, 0.15) is 0 Å². The summed E-state index contributed by atoms with van der Waals surface area (Å²) >= 11 is 0. The van der Waals surface area contributed by atoms with E-state index in [4.69, 9.17) is 5.73 Å². The van der Waals surface area contributed by atoms with E-state index in [1.165, 1.54) is 37.7 Å². The number of rotatable bonds is 4. The first-order valence-electron chi connectivity index (χ1n) is 6.85. The molecule has 18 heavy (non-hydrogen) atoms. The zero-order valence-electron chi connectivity index (χ0n) is 10.8. The molecular formula is C15H22N2O. The van der Waals surface area contributed by atoms with Crippen LogP contribution in [0.15, 0.2) is 24.3 Å². The van der Waals surface area contributed by atoms with E-state index >= 15 is 0 Å². The van der Waals surface area contributed by atoms with Gasteiger partial charge in [0.15, 0.2) is 0 Å². The van der Waals surface area contributed by atoms with E-state index in [9.17, 15) is 4.79 Å². The summed E-state index contributed by atoms with van der Waals surface area (Å²) in [4.78, 5) is 11.1. The van der Waals surface area contributed by atoms with Crippen LogP contribution in [0.4, 0.5) is 0 Å². The topological polar surface area (TPSA) is 55.1 Å². The van der Waals surface area contributed by atoms with Crippen molar-refractivity contribution in [2.75, 3.05) is 6.54 Å². The van der Waals surface area contributed by atoms with Gasteiger partial charge in [0.05, 0.1) is 6.54 Å². The Balaban J connectivity index is 1.90. The molecule has 0 aliphatic heterocycles. The Kier molecular flexibility index (Phi) is 4.76. The van der Waals surface area contributed by atoms with E-state index in [1.807, 2.05) is 0 Å². The van der Waals surface area contributed by atoms with Crippen molar-refractivity contribution in [2.45, 2.75) is 44.6 Å². The normalized spacial score (nSPS) is 16.5. The summed E-state index contributed by atoms with van der Waals surface area (Å²) in [6, 6.07) is 8.64. The summed E-state index contributed by atoms with van der Waals surface area (Å²) < 4.78 is 0. The third-order valence-corrected chi connectivity index (χ3v) is 3.73. The minimum Gasteiger partial charge on any atom is -0.351 e. The molecule has 3 heteroatoms. The standard InChI is InChI=1S/C15H22N2O/c16-10-15(18)17-11-12-6-8-14(9-7-12)13-4-2-1-3-5-13/h6-9,13H,1-5,10-11,16H2,(H,17,18). The van der Waals surface area contributed by atoms with Gasteiger partial charge in [-0.3, -0.25) is 4.79 Å². The van der Waals surface area contributed by atoms with Crippen LogP contribution in [-0.2, 0) is 11.3 Å². The average Bonchev–Trinajstić information content (AvgIpc) is 2.46. The fraction of sp³-hybridized carbons (Fsp3) is 0.533. The molecule has 1 aromatic rings. The van der Waals surface area contributed by atoms with Crippen molar-refractivity contribution in [2.24, 2.45) is 5.73 Å². The molecule has 1 amide bonds. The Bertz CT molecular complexity index is 380. The highest BCUT2D eigenvalue weighted by Gasteiger charge is 2.14. The number of nitrogens with one attached hydrogen (secondary N) is 1. The maximum Gasteiger partial charge on any atom is 0.234 e. The van der Waals surface area contributed by atoms with Gasteiger partial charge < -0.3 is 11.1 Å². The molecule has 0 heterocycles. The van der Waals surface area contributed by atoms with Crippen LogP contribution in [0.3, 0.4) is 0 Å². The molecule has 0 saturated heterocycles. The maximum atomic E-state index is 11.1.